The van der Waals surface area contributed by atoms with Gasteiger partial charge in [-0.05, 0) is 44.6 Å². The Morgan fingerprint density at radius 3 is 2.60 bits per heavy atom. The summed E-state index contributed by atoms with van der Waals surface area (Å²) in [5.41, 5.74) is 0. The van der Waals surface area contributed by atoms with Gasteiger partial charge in [0.2, 0.25) is 5.91 Å². The summed E-state index contributed by atoms with van der Waals surface area (Å²) in [7, 11) is 0. The van der Waals surface area contributed by atoms with Gasteiger partial charge in [-0.15, -0.1) is 11.3 Å². The minimum Gasteiger partial charge on any atom is -0.481 e. The van der Waals surface area contributed by atoms with Gasteiger partial charge in [0.05, 0.1) is 12.5 Å². The highest BCUT2D eigenvalue weighted by Crippen LogP contribution is 2.33. The molecule has 0 radical (unpaired) electrons. The van der Waals surface area contributed by atoms with Gasteiger partial charge >= 0.3 is 5.97 Å². The lowest BCUT2D eigenvalue weighted by Crippen LogP contribution is -2.39. The first-order chi connectivity index (χ1) is 9.49. The minimum absolute atomic E-state index is 0.108. The van der Waals surface area contributed by atoms with Gasteiger partial charge in [-0.2, -0.15) is 0 Å². The van der Waals surface area contributed by atoms with E-state index in [-0.39, 0.29) is 23.8 Å². The van der Waals surface area contributed by atoms with Crippen LogP contribution in [0.2, 0.25) is 0 Å². The first kappa shape index (κ1) is 15.0. The minimum atomic E-state index is -0.769. The normalized spacial score (nSPS) is 22.1. The largest absolute Gasteiger partial charge is 0.481 e. The number of hydrogen-bond donors (Lipinski definition) is 1. The first-order valence-corrected chi connectivity index (χ1v) is 7.92. The summed E-state index contributed by atoms with van der Waals surface area (Å²) in [6, 6.07) is 4.15. The molecule has 2 atom stereocenters. The summed E-state index contributed by atoms with van der Waals surface area (Å²) in [6.45, 7) is 4.65. The highest BCUT2D eigenvalue weighted by atomic mass is 32.1. The fraction of sp³-hybridized carbons (Fsp3) is 0.600. The van der Waals surface area contributed by atoms with E-state index in [1.54, 1.807) is 11.3 Å². The number of amides is 1. The Hall–Kier alpha value is -1.36. The van der Waals surface area contributed by atoms with E-state index in [9.17, 15) is 9.59 Å². The van der Waals surface area contributed by atoms with Crippen LogP contribution in [0.1, 0.15) is 38.0 Å². The van der Waals surface area contributed by atoms with E-state index in [0.29, 0.717) is 25.8 Å². The number of nitrogens with zero attached hydrogens (tertiary/aromatic N) is 1. The maximum absolute atomic E-state index is 12.6. The average molecular weight is 295 g/mol. The molecular weight excluding hydrogens is 274 g/mol. The quantitative estimate of drug-likeness (QED) is 0.908. The van der Waals surface area contributed by atoms with Crippen molar-refractivity contribution in [1.82, 2.24) is 4.90 Å². The molecule has 1 amide bonds. The number of carboxylic acids is 1. The van der Waals surface area contributed by atoms with Gasteiger partial charge in [-0.1, -0.05) is 6.07 Å². The van der Waals surface area contributed by atoms with E-state index in [2.05, 4.69) is 0 Å². The van der Waals surface area contributed by atoms with Crippen molar-refractivity contribution in [3.63, 3.8) is 0 Å². The van der Waals surface area contributed by atoms with E-state index in [1.807, 2.05) is 36.3 Å². The molecule has 0 saturated heterocycles. The molecule has 1 fully saturated rings. The monoisotopic (exact) mass is 295 g/mol. The van der Waals surface area contributed by atoms with Gasteiger partial charge in [0, 0.05) is 16.8 Å². The van der Waals surface area contributed by atoms with E-state index < -0.39 is 5.97 Å². The third-order valence-corrected chi connectivity index (χ3v) is 4.80. The SMILES string of the molecule is CC(C)N(Cc1cccs1)C(=O)[C@@H]1CC[C@H](C(=O)O)C1. The molecule has 1 heterocycles. The Kier molecular flexibility index (Phi) is 4.81. The number of carboxylic acid groups (broad SMARTS) is 1. The Balaban J connectivity index is 2.02. The summed E-state index contributed by atoms with van der Waals surface area (Å²) in [4.78, 5) is 26.7. The highest BCUT2D eigenvalue weighted by Gasteiger charge is 2.36. The lowest BCUT2D eigenvalue weighted by molar-refractivity contribution is -0.142. The second kappa shape index (κ2) is 6.39. The molecule has 1 aliphatic carbocycles. The molecule has 1 saturated carbocycles. The smallest absolute Gasteiger partial charge is 0.306 e. The number of hydrogen-bond acceptors (Lipinski definition) is 3. The molecular formula is C15H21NO3S. The third-order valence-electron chi connectivity index (χ3n) is 3.94. The van der Waals surface area contributed by atoms with Crippen molar-refractivity contribution in [2.24, 2.45) is 11.8 Å². The summed E-state index contributed by atoms with van der Waals surface area (Å²) < 4.78 is 0. The van der Waals surface area contributed by atoms with E-state index >= 15 is 0 Å². The van der Waals surface area contributed by atoms with Gasteiger partial charge in [-0.3, -0.25) is 9.59 Å². The first-order valence-electron chi connectivity index (χ1n) is 7.04. The number of thiophene rings is 1. The molecule has 1 aromatic heterocycles. The molecule has 1 N–H and O–H groups in total. The zero-order valence-corrected chi connectivity index (χ0v) is 12.7. The fourth-order valence-electron chi connectivity index (χ4n) is 2.75. The van der Waals surface area contributed by atoms with E-state index in [0.717, 1.165) is 0 Å². The molecule has 1 aliphatic rings. The van der Waals surface area contributed by atoms with Gasteiger partial charge in [0.25, 0.3) is 0 Å². The fourth-order valence-corrected chi connectivity index (χ4v) is 3.45. The molecule has 4 nitrogen and oxygen atoms in total. The van der Waals surface area contributed by atoms with E-state index in [4.69, 9.17) is 5.11 Å². The van der Waals surface area contributed by atoms with Crippen LogP contribution in [0.4, 0.5) is 0 Å². The van der Waals surface area contributed by atoms with Gasteiger partial charge < -0.3 is 10.0 Å². The molecule has 2 rings (SSSR count). The van der Waals surface area contributed by atoms with Crippen LogP contribution in [0.15, 0.2) is 17.5 Å². The van der Waals surface area contributed by atoms with Crippen molar-refractivity contribution >= 4 is 23.2 Å². The maximum Gasteiger partial charge on any atom is 0.306 e. The van der Waals surface area contributed by atoms with Crippen LogP contribution >= 0.6 is 11.3 Å². The lowest BCUT2D eigenvalue weighted by Gasteiger charge is -2.29. The maximum atomic E-state index is 12.6. The molecule has 110 valence electrons. The van der Waals surface area contributed by atoms with E-state index in [1.165, 1.54) is 4.88 Å². The lowest BCUT2D eigenvalue weighted by atomic mass is 10.0. The van der Waals surface area contributed by atoms with Crippen molar-refractivity contribution < 1.29 is 14.7 Å². The summed E-state index contributed by atoms with van der Waals surface area (Å²) in [5, 5.41) is 11.1. The number of rotatable bonds is 5. The van der Waals surface area contributed by atoms with Gasteiger partial charge in [0.15, 0.2) is 0 Å². The Morgan fingerprint density at radius 2 is 2.10 bits per heavy atom. The number of carbonyl (C=O) groups is 2. The van der Waals surface area contributed by atoms with Crippen molar-refractivity contribution in [2.45, 2.75) is 45.7 Å². The number of carbonyl (C=O) groups excluding carboxylic acids is 1. The van der Waals surface area contributed by atoms with Crippen molar-refractivity contribution in [3.05, 3.63) is 22.4 Å². The molecule has 1 aromatic rings. The predicted octanol–water partition coefficient (Wildman–Crippen LogP) is 2.99. The molecule has 0 aromatic carbocycles. The standard InChI is InChI=1S/C15H21NO3S/c1-10(2)16(9-13-4-3-7-20-13)14(17)11-5-6-12(8-11)15(18)19/h3-4,7,10-12H,5-6,8-9H2,1-2H3,(H,18,19)/t11-,12+/m1/s1. The van der Waals surface area contributed by atoms with Crippen molar-refractivity contribution in [2.75, 3.05) is 0 Å². The highest BCUT2D eigenvalue weighted by molar-refractivity contribution is 7.09. The van der Waals surface area contributed by atoms with Crippen LogP contribution in [0, 0.1) is 11.8 Å². The van der Waals surface area contributed by atoms with Gasteiger partial charge in [0.1, 0.15) is 0 Å². The van der Waals surface area contributed by atoms with Crippen LogP contribution in [0.5, 0.6) is 0 Å². The second-order valence-electron chi connectivity index (χ2n) is 5.68. The third kappa shape index (κ3) is 3.39. The van der Waals surface area contributed by atoms with Gasteiger partial charge in [-0.25, -0.2) is 0 Å². The number of aliphatic carboxylic acids is 1. The molecule has 20 heavy (non-hydrogen) atoms. The van der Waals surface area contributed by atoms with Crippen LogP contribution in [0.25, 0.3) is 0 Å². The summed E-state index contributed by atoms with van der Waals surface area (Å²) in [5.74, 6) is -1.13. The second-order valence-corrected chi connectivity index (χ2v) is 6.72. The summed E-state index contributed by atoms with van der Waals surface area (Å²) >= 11 is 1.65. The molecule has 0 spiro atoms. The molecule has 0 unspecified atom stereocenters. The predicted molar refractivity (Wildman–Crippen MR) is 78.5 cm³/mol. The Morgan fingerprint density at radius 1 is 1.40 bits per heavy atom. The molecule has 5 heteroatoms. The average Bonchev–Trinajstić information content (AvgIpc) is 3.06. The zero-order chi connectivity index (χ0) is 14.7. The Bertz CT molecular complexity index is 469. The van der Waals surface area contributed by atoms with Crippen LogP contribution in [-0.2, 0) is 16.1 Å². The Labute approximate surface area is 123 Å². The van der Waals surface area contributed by atoms with Crippen LogP contribution < -0.4 is 0 Å². The van der Waals surface area contributed by atoms with Crippen molar-refractivity contribution in [3.8, 4) is 0 Å². The van der Waals surface area contributed by atoms with Crippen molar-refractivity contribution in [1.29, 1.82) is 0 Å². The van der Waals surface area contributed by atoms with Crippen LogP contribution in [-0.4, -0.2) is 27.9 Å². The summed E-state index contributed by atoms with van der Waals surface area (Å²) in [6.07, 6.45) is 1.81. The van der Waals surface area contributed by atoms with Crippen LogP contribution in [0.3, 0.4) is 0 Å². The molecule has 0 aliphatic heterocycles. The molecule has 0 bridgehead atoms. The topological polar surface area (TPSA) is 57.6 Å². The zero-order valence-electron chi connectivity index (χ0n) is 11.9.